The molecule has 2 atom stereocenters. The van der Waals surface area contributed by atoms with Crippen LogP contribution in [-0.2, 0) is 11.8 Å². The highest BCUT2D eigenvalue weighted by atomic mass is 35.5. The van der Waals surface area contributed by atoms with Gasteiger partial charge in [-0.3, -0.25) is 4.79 Å². The summed E-state index contributed by atoms with van der Waals surface area (Å²) in [6.07, 6.45) is 2.73. The molecule has 2 fully saturated rings. The van der Waals surface area contributed by atoms with Gasteiger partial charge in [-0.2, -0.15) is 0 Å². The molecule has 2 aliphatic heterocycles. The van der Waals surface area contributed by atoms with Gasteiger partial charge in [-0.1, -0.05) is 23.7 Å². The summed E-state index contributed by atoms with van der Waals surface area (Å²) in [6, 6.07) is 7.59. The average Bonchev–Trinajstić information content (AvgIpc) is 3.29. The van der Waals surface area contributed by atoms with Gasteiger partial charge >= 0.3 is 0 Å². The Labute approximate surface area is 176 Å². The molecule has 156 valence electrons. The van der Waals surface area contributed by atoms with E-state index in [2.05, 4.69) is 19.7 Å². The lowest BCUT2D eigenvalue weighted by molar-refractivity contribution is -0.127. The first-order valence-corrected chi connectivity index (χ1v) is 10.7. The van der Waals surface area contributed by atoms with Crippen molar-refractivity contribution >= 4 is 23.5 Å². The molecule has 0 spiro atoms. The predicted molar refractivity (Wildman–Crippen MR) is 112 cm³/mol. The molecule has 2 aromatic rings. The number of ether oxygens (including phenoxy) is 1. The molecule has 2 aliphatic rings. The van der Waals surface area contributed by atoms with Crippen LogP contribution in [0.3, 0.4) is 0 Å². The van der Waals surface area contributed by atoms with Crippen molar-refractivity contribution in [1.29, 1.82) is 0 Å². The monoisotopic (exact) mass is 417 g/mol. The molecule has 29 heavy (non-hydrogen) atoms. The number of likely N-dealkylation sites (tertiary alicyclic amines) is 1. The second-order valence-corrected chi connectivity index (χ2v) is 8.35. The summed E-state index contributed by atoms with van der Waals surface area (Å²) >= 11 is 6.20. The Morgan fingerprint density at radius 1 is 1.24 bits per heavy atom. The number of benzene rings is 1. The standard InChI is InChI=1S/C21H28ClN5O2/c1-3-26-13-16(11-19(26)28)20-23-24-21(25(20)2)27-10-6-7-15(12-27)14-29-18-9-5-4-8-17(18)22/h4-5,8-9,15-16H,3,6-7,10-14H2,1-2H3. The van der Waals surface area contributed by atoms with E-state index in [-0.39, 0.29) is 11.8 Å². The van der Waals surface area contributed by atoms with E-state index in [9.17, 15) is 4.79 Å². The van der Waals surface area contributed by atoms with Crippen molar-refractivity contribution in [2.75, 3.05) is 37.7 Å². The molecule has 3 heterocycles. The molecule has 7 nitrogen and oxygen atoms in total. The molecule has 0 aliphatic carbocycles. The van der Waals surface area contributed by atoms with Gasteiger partial charge in [0, 0.05) is 51.5 Å². The van der Waals surface area contributed by atoms with E-state index in [1.165, 1.54) is 0 Å². The molecule has 8 heteroatoms. The molecule has 1 aromatic carbocycles. The molecular weight excluding hydrogens is 390 g/mol. The number of carbonyl (C=O) groups is 1. The summed E-state index contributed by atoms with van der Waals surface area (Å²) in [5, 5.41) is 9.57. The van der Waals surface area contributed by atoms with E-state index in [1.54, 1.807) is 0 Å². The van der Waals surface area contributed by atoms with E-state index >= 15 is 0 Å². The zero-order valence-electron chi connectivity index (χ0n) is 17.1. The highest BCUT2D eigenvalue weighted by molar-refractivity contribution is 6.32. The van der Waals surface area contributed by atoms with Crippen LogP contribution < -0.4 is 9.64 Å². The fraction of sp³-hybridized carbons (Fsp3) is 0.571. The average molecular weight is 418 g/mol. The highest BCUT2D eigenvalue weighted by Crippen LogP contribution is 2.30. The summed E-state index contributed by atoms with van der Waals surface area (Å²) in [5.41, 5.74) is 0. The minimum atomic E-state index is 0.123. The van der Waals surface area contributed by atoms with Crippen LogP contribution in [0, 0.1) is 5.92 Å². The largest absolute Gasteiger partial charge is 0.492 e. The first-order valence-electron chi connectivity index (χ1n) is 10.4. The molecule has 4 rings (SSSR count). The normalized spacial score (nSPS) is 22.4. The number of para-hydroxylation sites is 1. The maximum Gasteiger partial charge on any atom is 0.226 e. The first-order chi connectivity index (χ1) is 14.1. The maximum atomic E-state index is 12.1. The van der Waals surface area contributed by atoms with Gasteiger partial charge in [-0.05, 0) is 31.9 Å². The van der Waals surface area contributed by atoms with Gasteiger partial charge in [0.25, 0.3) is 0 Å². The first kappa shape index (κ1) is 20.0. The molecule has 1 amide bonds. The van der Waals surface area contributed by atoms with Gasteiger partial charge in [-0.25, -0.2) is 0 Å². The maximum absolute atomic E-state index is 12.1. The van der Waals surface area contributed by atoms with Crippen LogP contribution in [0.4, 0.5) is 5.95 Å². The molecule has 0 bridgehead atoms. The van der Waals surface area contributed by atoms with Gasteiger partial charge in [0.1, 0.15) is 11.6 Å². The lowest BCUT2D eigenvalue weighted by Gasteiger charge is -2.33. The third-order valence-corrected chi connectivity index (χ3v) is 6.27. The number of hydrogen-bond donors (Lipinski definition) is 0. The van der Waals surface area contributed by atoms with Crippen molar-refractivity contribution in [1.82, 2.24) is 19.7 Å². The SMILES string of the molecule is CCN1CC(c2nnc(N3CCCC(COc4ccccc4Cl)C3)n2C)CC1=O. The van der Waals surface area contributed by atoms with E-state index < -0.39 is 0 Å². The number of nitrogens with zero attached hydrogens (tertiary/aromatic N) is 5. The third kappa shape index (κ3) is 4.20. The minimum absolute atomic E-state index is 0.123. The molecule has 0 radical (unpaired) electrons. The Balaban J connectivity index is 1.40. The summed E-state index contributed by atoms with van der Waals surface area (Å²) in [6.45, 7) is 5.96. The Morgan fingerprint density at radius 2 is 2.07 bits per heavy atom. The Morgan fingerprint density at radius 3 is 2.83 bits per heavy atom. The van der Waals surface area contributed by atoms with Crippen LogP contribution in [0.2, 0.25) is 5.02 Å². The second kappa shape index (κ2) is 8.61. The summed E-state index contributed by atoms with van der Waals surface area (Å²) in [7, 11) is 2.01. The number of amides is 1. The number of likely N-dealkylation sites (N-methyl/N-ethyl adjacent to an activating group) is 1. The Hall–Kier alpha value is -2.28. The molecule has 0 saturated carbocycles. The lowest BCUT2D eigenvalue weighted by atomic mass is 9.99. The summed E-state index contributed by atoms with van der Waals surface area (Å²) in [5.74, 6) is 3.25. The number of anilines is 1. The Bertz CT molecular complexity index is 871. The number of aromatic nitrogens is 3. The van der Waals surface area contributed by atoms with Gasteiger partial charge in [-0.15, -0.1) is 10.2 Å². The zero-order chi connectivity index (χ0) is 20.4. The predicted octanol–water partition coefficient (Wildman–Crippen LogP) is 3.10. The minimum Gasteiger partial charge on any atom is -0.492 e. The molecule has 2 unspecified atom stereocenters. The van der Waals surface area contributed by atoms with Gasteiger partial charge in [0.2, 0.25) is 11.9 Å². The van der Waals surface area contributed by atoms with Crippen molar-refractivity contribution in [3.8, 4) is 5.75 Å². The summed E-state index contributed by atoms with van der Waals surface area (Å²) < 4.78 is 8.03. The molecule has 2 saturated heterocycles. The topological polar surface area (TPSA) is 63.5 Å². The molecular formula is C21H28ClN5O2. The van der Waals surface area contributed by atoms with Gasteiger partial charge in [0.15, 0.2) is 0 Å². The second-order valence-electron chi connectivity index (χ2n) is 7.95. The number of piperidine rings is 1. The Kier molecular flexibility index (Phi) is 5.94. The fourth-order valence-corrected chi connectivity index (χ4v) is 4.56. The molecule has 0 N–H and O–H groups in total. The summed E-state index contributed by atoms with van der Waals surface area (Å²) in [4.78, 5) is 16.3. The zero-order valence-corrected chi connectivity index (χ0v) is 17.8. The van der Waals surface area contributed by atoms with Crippen molar-refractivity contribution < 1.29 is 9.53 Å². The van der Waals surface area contributed by atoms with Crippen molar-refractivity contribution in [2.45, 2.75) is 32.1 Å². The third-order valence-electron chi connectivity index (χ3n) is 5.96. The smallest absolute Gasteiger partial charge is 0.226 e. The number of halogens is 1. The van der Waals surface area contributed by atoms with Gasteiger partial charge in [0.05, 0.1) is 11.6 Å². The van der Waals surface area contributed by atoms with Crippen LogP contribution in [0.5, 0.6) is 5.75 Å². The van der Waals surface area contributed by atoms with E-state index in [4.69, 9.17) is 16.3 Å². The van der Waals surface area contributed by atoms with E-state index in [0.717, 1.165) is 56.5 Å². The van der Waals surface area contributed by atoms with Crippen LogP contribution in [0.1, 0.15) is 37.9 Å². The lowest BCUT2D eigenvalue weighted by Crippen LogP contribution is -2.39. The fourth-order valence-electron chi connectivity index (χ4n) is 4.37. The van der Waals surface area contributed by atoms with Crippen molar-refractivity contribution in [3.05, 3.63) is 35.1 Å². The van der Waals surface area contributed by atoms with Crippen LogP contribution in [-0.4, -0.2) is 58.4 Å². The molecule has 1 aromatic heterocycles. The number of rotatable bonds is 6. The van der Waals surface area contributed by atoms with Crippen LogP contribution >= 0.6 is 11.6 Å². The number of hydrogen-bond acceptors (Lipinski definition) is 5. The van der Waals surface area contributed by atoms with Crippen molar-refractivity contribution in [3.63, 3.8) is 0 Å². The van der Waals surface area contributed by atoms with Crippen molar-refractivity contribution in [2.24, 2.45) is 13.0 Å². The van der Waals surface area contributed by atoms with Crippen LogP contribution in [0.25, 0.3) is 0 Å². The number of carbonyl (C=O) groups excluding carboxylic acids is 1. The van der Waals surface area contributed by atoms with Gasteiger partial charge < -0.3 is 19.1 Å². The highest BCUT2D eigenvalue weighted by Gasteiger charge is 2.34. The van der Waals surface area contributed by atoms with E-state index in [0.29, 0.717) is 24.0 Å². The van der Waals surface area contributed by atoms with Crippen LogP contribution in [0.15, 0.2) is 24.3 Å². The quantitative estimate of drug-likeness (QED) is 0.722. The van der Waals surface area contributed by atoms with E-state index in [1.807, 2.05) is 43.1 Å².